The maximum Gasteiger partial charge on any atom is 0.401 e. The number of ether oxygens (including phenoxy) is 1. The van der Waals surface area contributed by atoms with E-state index in [1.807, 2.05) is 60.7 Å². The van der Waals surface area contributed by atoms with Crippen molar-refractivity contribution in [2.45, 2.75) is 23.9 Å². The summed E-state index contributed by atoms with van der Waals surface area (Å²) < 4.78 is 64.1. The number of hydrogen-bond donors (Lipinski definition) is 0. The fourth-order valence-electron chi connectivity index (χ4n) is 6.42. The van der Waals surface area contributed by atoms with Gasteiger partial charge in [0.05, 0.1) is 16.6 Å². The first-order valence-corrected chi connectivity index (χ1v) is 14.5. The number of hydrogen-bond acceptors (Lipinski definition) is 5. The fourth-order valence-corrected chi connectivity index (χ4v) is 6.93. The van der Waals surface area contributed by atoms with Crippen molar-refractivity contribution in [1.82, 2.24) is 4.90 Å². The number of benzene rings is 4. The van der Waals surface area contributed by atoms with Crippen LogP contribution < -0.4 is 0 Å². The molecule has 0 aromatic heterocycles. The quantitative estimate of drug-likeness (QED) is 0.125. The molecule has 4 aromatic rings. The van der Waals surface area contributed by atoms with E-state index in [9.17, 15) is 22.4 Å². The van der Waals surface area contributed by atoms with Crippen LogP contribution in [0.5, 0.6) is 0 Å². The van der Waals surface area contributed by atoms with Crippen LogP contribution in [0.15, 0.2) is 96.2 Å². The van der Waals surface area contributed by atoms with Gasteiger partial charge < -0.3 is 9.57 Å². The molecule has 5 nitrogen and oxygen atoms in total. The predicted molar refractivity (Wildman–Crippen MR) is 156 cm³/mol. The van der Waals surface area contributed by atoms with E-state index in [0.29, 0.717) is 18.7 Å². The number of oxime groups is 1. The van der Waals surface area contributed by atoms with Gasteiger partial charge in [0.2, 0.25) is 0 Å². The lowest BCUT2D eigenvalue weighted by Crippen LogP contribution is -2.60. The molecule has 11 heteroatoms. The van der Waals surface area contributed by atoms with E-state index < -0.39 is 51.9 Å². The number of carbonyl (C=O) groups is 1. The van der Waals surface area contributed by atoms with Gasteiger partial charge in [-0.2, -0.15) is 13.2 Å². The fraction of sp³-hybridized carbons (Fsp3) is 0.212. The molecule has 224 valence electrons. The number of carbonyl (C=O) groups excluding carboxylic acids is 1. The average Bonchev–Trinajstić information content (AvgIpc) is 3.56. The van der Waals surface area contributed by atoms with Crippen molar-refractivity contribution in [1.29, 1.82) is 0 Å². The smallest absolute Gasteiger partial charge is 0.401 e. The van der Waals surface area contributed by atoms with Crippen molar-refractivity contribution in [2.24, 2.45) is 11.1 Å². The molecule has 4 aromatic carbocycles. The zero-order valence-corrected chi connectivity index (χ0v) is 24.2. The Morgan fingerprint density at radius 1 is 0.909 bits per heavy atom. The van der Waals surface area contributed by atoms with Crippen LogP contribution in [0.4, 0.5) is 17.6 Å². The maximum atomic E-state index is 14.8. The molecule has 0 saturated carbocycles. The predicted octanol–water partition coefficient (Wildman–Crippen LogP) is 8.26. The average molecular weight is 641 g/mol. The standard InChI is InChI=1S/C33H22Cl2F4N2O3/c34-21-14-23(27(36)25(35)15-21)30-26(33(37,38)39)28(40-44-30)20-11-12-24-22(13-20)31(42)43-32(24)16-41(17-32)29(18-7-3-1-4-8-18)19-9-5-2-6-10-19/h1-15,26,29-30H,16-17H2. The van der Waals surface area contributed by atoms with Crippen molar-refractivity contribution in [3.63, 3.8) is 0 Å². The molecule has 7 rings (SSSR count). The van der Waals surface area contributed by atoms with Crippen LogP contribution in [0.1, 0.15) is 50.3 Å². The van der Waals surface area contributed by atoms with Gasteiger partial charge in [0.1, 0.15) is 17.4 Å². The molecule has 3 heterocycles. The molecular weight excluding hydrogens is 619 g/mol. The highest BCUT2D eigenvalue weighted by Gasteiger charge is 2.57. The lowest BCUT2D eigenvalue weighted by atomic mass is 9.80. The number of alkyl halides is 3. The normalized spacial score (nSPS) is 20.7. The van der Waals surface area contributed by atoms with Gasteiger partial charge in [-0.3, -0.25) is 4.90 Å². The van der Waals surface area contributed by atoms with Gasteiger partial charge in [-0.05, 0) is 29.3 Å². The van der Waals surface area contributed by atoms with Gasteiger partial charge >= 0.3 is 12.1 Å². The minimum atomic E-state index is -4.87. The SMILES string of the molecule is O=C1OC2(CN(C(c3ccccc3)c3ccccc3)C2)c2ccc(C3=NOC(c4cc(Cl)cc(Cl)c4F)C3C(F)(F)F)cc21. The summed E-state index contributed by atoms with van der Waals surface area (Å²) in [5.74, 6) is -4.05. The van der Waals surface area contributed by atoms with E-state index in [2.05, 4.69) is 10.1 Å². The van der Waals surface area contributed by atoms with Crippen LogP contribution >= 0.6 is 23.2 Å². The zero-order chi connectivity index (χ0) is 30.8. The summed E-state index contributed by atoms with van der Waals surface area (Å²) in [5.41, 5.74) is 1.03. The number of esters is 1. The lowest BCUT2D eigenvalue weighted by molar-refractivity contribution is -0.178. The molecule has 3 aliphatic rings. The lowest BCUT2D eigenvalue weighted by Gasteiger charge is -2.50. The second-order valence-electron chi connectivity index (χ2n) is 11.1. The Kier molecular flexibility index (Phi) is 6.95. The first kappa shape index (κ1) is 28.8. The van der Waals surface area contributed by atoms with Crippen molar-refractivity contribution in [2.75, 3.05) is 13.1 Å². The van der Waals surface area contributed by atoms with Crippen molar-refractivity contribution in [3.05, 3.63) is 140 Å². The van der Waals surface area contributed by atoms with Crippen LogP contribution in [-0.4, -0.2) is 35.8 Å². The molecule has 3 aliphatic heterocycles. The van der Waals surface area contributed by atoms with Gasteiger partial charge in [0.15, 0.2) is 11.7 Å². The van der Waals surface area contributed by atoms with E-state index in [0.717, 1.165) is 23.3 Å². The van der Waals surface area contributed by atoms with Gasteiger partial charge in [-0.1, -0.05) is 101 Å². The molecule has 0 amide bonds. The third kappa shape index (κ3) is 4.74. The number of nitrogens with zero attached hydrogens (tertiary/aromatic N) is 2. The van der Waals surface area contributed by atoms with Crippen LogP contribution in [0.2, 0.25) is 10.0 Å². The van der Waals surface area contributed by atoms with Gasteiger partial charge in [-0.25, -0.2) is 9.18 Å². The van der Waals surface area contributed by atoms with Crippen molar-refractivity contribution in [3.8, 4) is 0 Å². The molecule has 0 N–H and O–H groups in total. The van der Waals surface area contributed by atoms with Crippen LogP contribution in [0.25, 0.3) is 0 Å². The summed E-state index contributed by atoms with van der Waals surface area (Å²) in [6.07, 6.45) is -6.73. The topological polar surface area (TPSA) is 51.1 Å². The Balaban J connectivity index is 1.19. The molecule has 0 bridgehead atoms. The number of likely N-dealkylation sites (tertiary alicyclic amines) is 1. The Bertz CT molecular complexity index is 1750. The first-order valence-electron chi connectivity index (χ1n) is 13.7. The highest BCUT2D eigenvalue weighted by molar-refractivity contribution is 6.34. The van der Waals surface area contributed by atoms with E-state index in [1.165, 1.54) is 12.1 Å². The monoisotopic (exact) mass is 640 g/mol. The molecule has 1 fully saturated rings. The Morgan fingerprint density at radius 2 is 1.55 bits per heavy atom. The number of fused-ring (bicyclic) bond motifs is 2. The summed E-state index contributed by atoms with van der Waals surface area (Å²) in [7, 11) is 0. The highest BCUT2D eigenvalue weighted by Crippen LogP contribution is 2.50. The first-order chi connectivity index (χ1) is 21.1. The van der Waals surface area contributed by atoms with Crippen LogP contribution in [0.3, 0.4) is 0 Å². The maximum absolute atomic E-state index is 14.8. The van der Waals surface area contributed by atoms with Crippen LogP contribution in [0, 0.1) is 11.7 Å². The molecule has 2 unspecified atom stereocenters. The summed E-state index contributed by atoms with van der Waals surface area (Å²) in [5, 5.41) is 3.23. The summed E-state index contributed by atoms with van der Waals surface area (Å²) in [6.45, 7) is 0.789. The molecule has 1 spiro atoms. The van der Waals surface area contributed by atoms with E-state index in [4.69, 9.17) is 32.8 Å². The third-order valence-corrected chi connectivity index (χ3v) is 8.86. The second kappa shape index (κ2) is 10.6. The number of halogens is 6. The van der Waals surface area contributed by atoms with E-state index >= 15 is 0 Å². The van der Waals surface area contributed by atoms with Crippen molar-refractivity contribution < 1.29 is 31.9 Å². The van der Waals surface area contributed by atoms with Gasteiger partial charge in [0, 0.05) is 34.8 Å². The Labute approximate surface area is 259 Å². The van der Waals surface area contributed by atoms with Crippen molar-refractivity contribution >= 4 is 34.9 Å². The largest absolute Gasteiger partial charge is 0.448 e. The minimum absolute atomic E-state index is 0.0127. The molecule has 44 heavy (non-hydrogen) atoms. The van der Waals surface area contributed by atoms with E-state index in [-0.39, 0.29) is 22.2 Å². The van der Waals surface area contributed by atoms with Gasteiger partial charge in [-0.15, -0.1) is 0 Å². The zero-order valence-electron chi connectivity index (χ0n) is 22.7. The molecular formula is C33H22Cl2F4N2O3. The molecule has 0 aliphatic carbocycles. The minimum Gasteiger partial charge on any atom is -0.448 e. The van der Waals surface area contributed by atoms with Gasteiger partial charge in [0.25, 0.3) is 0 Å². The second-order valence-corrected chi connectivity index (χ2v) is 11.9. The molecule has 1 saturated heterocycles. The Hall–Kier alpha value is -3.92. The van der Waals surface area contributed by atoms with Crippen LogP contribution in [-0.2, 0) is 15.2 Å². The Morgan fingerprint density at radius 3 is 2.16 bits per heavy atom. The third-order valence-electron chi connectivity index (χ3n) is 8.37. The van der Waals surface area contributed by atoms with E-state index in [1.54, 1.807) is 6.07 Å². The number of rotatable bonds is 5. The highest BCUT2D eigenvalue weighted by atomic mass is 35.5. The summed E-state index contributed by atoms with van der Waals surface area (Å²) in [4.78, 5) is 20.5. The summed E-state index contributed by atoms with van der Waals surface area (Å²) in [6, 6.07) is 26.4. The molecule has 0 radical (unpaired) electrons. The summed E-state index contributed by atoms with van der Waals surface area (Å²) >= 11 is 11.8. The molecule has 2 atom stereocenters.